The van der Waals surface area contributed by atoms with Crippen molar-refractivity contribution in [3.05, 3.63) is 41.1 Å². The molecule has 0 N–H and O–H groups in total. The molecule has 5 heteroatoms. The molecule has 0 amide bonds. The highest BCUT2D eigenvalue weighted by molar-refractivity contribution is 9.10. The molecule has 0 unspecified atom stereocenters. The van der Waals surface area contributed by atoms with Crippen molar-refractivity contribution in [1.82, 2.24) is 14.8 Å². The SMILES string of the molecule is Fc1ccc(-n2cc(Br)cn2)cn1. The molecule has 0 atom stereocenters. The zero-order valence-corrected chi connectivity index (χ0v) is 8.07. The van der Waals surface area contributed by atoms with Crippen LogP contribution in [-0.4, -0.2) is 14.8 Å². The van der Waals surface area contributed by atoms with Gasteiger partial charge in [0.1, 0.15) is 0 Å². The highest BCUT2D eigenvalue weighted by Gasteiger charge is 1.98. The van der Waals surface area contributed by atoms with Crippen LogP contribution in [0, 0.1) is 5.95 Å². The number of pyridine rings is 1. The number of aromatic nitrogens is 3. The van der Waals surface area contributed by atoms with Gasteiger partial charge >= 0.3 is 0 Å². The molecule has 0 saturated carbocycles. The van der Waals surface area contributed by atoms with Crippen molar-refractivity contribution < 1.29 is 4.39 Å². The number of hydrogen-bond donors (Lipinski definition) is 0. The monoisotopic (exact) mass is 241 g/mol. The lowest BCUT2D eigenvalue weighted by atomic mass is 10.4. The molecule has 2 rings (SSSR count). The van der Waals surface area contributed by atoms with Gasteiger partial charge in [-0.2, -0.15) is 9.49 Å². The molecule has 0 saturated heterocycles. The van der Waals surface area contributed by atoms with Gasteiger partial charge in [-0.05, 0) is 28.1 Å². The van der Waals surface area contributed by atoms with Crippen LogP contribution in [0.5, 0.6) is 0 Å². The third kappa shape index (κ3) is 1.75. The first-order chi connectivity index (χ1) is 6.25. The molecule has 0 aliphatic carbocycles. The Balaban J connectivity index is 2.41. The molecule has 0 aliphatic heterocycles. The standard InChI is InChI=1S/C8H5BrFN3/c9-6-3-12-13(5-6)7-1-2-8(10)11-4-7/h1-5H. The van der Waals surface area contributed by atoms with Crippen LogP contribution in [0.4, 0.5) is 4.39 Å². The molecule has 0 aliphatic rings. The second-order valence-electron chi connectivity index (χ2n) is 2.44. The van der Waals surface area contributed by atoms with E-state index in [1.54, 1.807) is 23.1 Å². The minimum atomic E-state index is -0.491. The molecule has 13 heavy (non-hydrogen) atoms. The summed E-state index contributed by atoms with van der Waals surface area (Å²) in [5.74, 6) is -0.491. The second-order valence-corrected chi connectivity index (χ2v) is 3.36. The molecule has 66 valence electrons. The quantitative estimate of drug-likeness (QED) is 0.717. The predicted molar refractivity (Wildman–Crippen MR) is 49.0 cm³/mol. The largest absolute Gasteiger partial charge is 0.238 e. The number of hydrogen-bond acceptors (Lipinski definition) is 2. The summed E-state index contributed by atoms with van der Waals surface area (Å²) in [7, 11) is 0. The third-order valence-electron chi connectivity index (χ3n) is 1.53. The van der Waals surface area contributed by atoms with E-state index in [4.69, 9.17) is 0 Å². The maximum atomic E-state index is 12.5. The van der Waals surface area contributed by atoms with Crippen molar-refractivity contribution in [3.8, 4) is 5.69 Å². The van der Waals surface area contributed by atoms with Gasteiger partial charge in [0.2, 0.25) is 5.95 Å². The van der Waals surface area contributed by atoms with Crippen LogP contribution < -0.4 is 0 Å². The van der Waals surface area contributed by atoms with E-state index in [9.17, 15) is 4.39 Å². The maximum Gasteiger partial charge on any atom is 0.212 e. The Labute approximate surface area is 82.3 Å². The molecular weight excluding hydrogens is 237 g/mol. The normalized spacial score (nSPS) is 10.3. The van der Waals surface area contributed by atoms with Gasteiger partial charge in [-0.1, -0.05) is 0 Å². The summed E-state index contributed by atoms with van der Waals surface area (Å²) in [6.45, 7) is 0. The molecule has 3 nitrogen and oxygen atoms in total. The summed E-state index contributed by atoms with van der Waals surface area (Å²) in [5.41, 5.74) is 0.729. The first-order valence-corrected chi connectivity index (χ1v) is 4.37. The van der Waals surface area contributed by atoms with Crippen molar-refractivity contribution in [1.29, 1.82) is 0 Å². The Morgan fingerprint density at radius 3 is 2.69 bits per heavy atom. The van der Waals surface area contributed by atoms with Crippen LogP contribution >= 0.6 is 15.9 Å². The Bertz CT molecular complexity index is 410. The average Bonchev–Trinajstić information content (AvgIpc) is 2.53. The van der Waals surface area contributed by atoms with Crippen LogP contribution in [0.25, 0.3) is 5.69 Å². The summed E-state index contributed by atoms with van der Waals surface area (Å²) >= 11 is 3.27. The van der Waals surface area contributed by atoms with Gasteiger partial charge in [0.25, 0.3) is 0 Å². The Hall–Kier alpha value is -1.23. The molecule has 0 radical (unpaired) electrons. The van der Waals surface area contributed by atoms with E-state index in [1.807, 2.05) is 0 Å². The van der Waals surface area contributed by atoms with E-state index >= 15 is 0 Å². The summed E-state index contributed by atoms with van der Waals surface area (Å²) in [6.07, 6.45) is 4.85. The van der Waals surface area contributed by atoms with Crippen LogP contribution in [0.2, 0.25) is 0 Å². The minimum absolute atomic E-state index is 0.491. The van der Waals surface area contributed by atoms with E-state index in [0.29, 0.717) is 0 Å². The molecule has 0 spiro atoms. The van der Waals surface area contributed by atoms with Crippen LogP contribution in [0.15, 0.2) is 35.2 Å². The topological polar surface area (TPSA) is 30.7 Å². The molecule has 2 aromatic heterocycles. The van der Waals surface area contributed by atoms with Crippen molar-refractivity contribution >= 4 is 15.9 Å². The summed E-state index contributed by atoms with van der Waals surface area (Å²) in [5, 5.41) is 4.02. The van der Waals surface area contributed by atoms with Crippen molar-refractivity contribution in [3.63, 3.8) is 0 Å². The van der Waals surface area contributed by atoms with Gasteiger partial charge < -0.3 is 0 Å². The van der Waals surface area contributed by atoms with Gasteiger partial charge in [-0.25, -0.2) is 9.67 Å². The van der Waals surface area contributed by atoms with Crippen LogP contribution in [0.1, 0.15) is 0 Å². The van der Waals surface area contributed by atoms with E-state index < -0.39 is 5.95 Å². The van der Waals surface area contributed by atoms with Crippen molar-refractivity contribution in [2.75, 3.05) is 0 Å². The lowest BCUT2D eigenvalue weighted by Gasteiger charge is -1.98. The maximum absolute atomic E-state index is 12.5. The Morgan fingerprint density at radius 1 is 1.31 bits per heavy atom. The second kappa shape index (κ2) is 3.26. The van der Waals surface area contributed by atoms with Gasteiger partial charge in [-0.15, -0.1) is 0 Å². The Kier molecular flexibility index (Phi) is 2.10. The zero-order chi connectivity index (χ0) is 9.26. The predicted octanol–water partition coefficient (Wildman–Crippen LogP) is 2.17. The average molecular weight is 242 g/mol. The lowest BCUT2D eigenvalue weighted by Crippen LogP contribution is -1.95. The Morgan fingerprint density at radius 2 is 2.15 bits per heavy atom. The number of rotatable bonds is 1. The highest BCUT2D eigenvalue weighted by Crippen LogP contribution is 2.11. The van der Waals surface area contributed by atoms with Crippen molar-refractivity contribution in [2.24, 2.45) is 0 Å². The van der Waals surface area contributed by atoms with E-state index in [1.165, 1.54) is 12.3 Å². The third-order valence-corrected chi connectivity index (χ3v) is 1.94. The molecule has 2 aromatic rings. The number of halogens is 2. The number of nitrogens with zero attached hydrogens (tertiary/aromatic N) is 3. The zero-order valence-electron chi connectivity index (χ0n) is 6.48. The van der Waals surface area contributed by atoms with Crippen LogP contribution in [-0.2, 0) is 0 Å². The first-order valence-electron chi connectivity index (χ1n) is 3.58. The minimum Gasteiger partial charge on any atom is -0.238 e. The summed E-state index contributed by atoms with van der Waals surface area (Å²) in [6, 6.07) is 2.91. The summed E-state index contributed by atoms with van der Waals surface area (Å²) in [4.78, 5) is 3.52. The fourth-order valence-corrected chi connectivity index (χ4v) is 1.23. The summed E-state index contributed by atoms with van der Waals surface area (Å²) < 4.78 is 14.9. The van der Waals surface area contributed by atoms with Crippen molar-refractivity contribution in [2.45, 2.75) is 0 Å². The van der Waals surface area contributed by atoms with E-state index in [2.05, 4.69) is 26.0 Å². The molecule has 0 bridgehead atoms. The van der Waals surface area contributed by atoms with Gasteiger partial charge in [0.05, 0.1) is 22.6 Å². The molecular formula is C8H5BrFN3. The fraction of sp³-hybridized carbons (Fsp3) is 0. The van der Waals surface area contributed by atoms with E-state index in [-0.39, 0.29) is 0 Å². The fourth-order valence-electron chi connectivity index (χ4n) is 0.946. The van der Waals surface area contributed by atoms with Gasteiger partial charge in [0.15, 0.2) is 0 Å². The molecule has 2 heterocycles. The van der Waals surface area contributed by atoms with Gasteiger partial charge in [0, 0.05) is 6.20 Å². The lowest BCUT2D eigenvalue weighted by molar-refractivity contribution is 0.582. The molecule has 0 fully saturated rings. The van der Waals surface area contributed by atoms with E-state index in [0.717, 1.165) is 10.2 Å². The highest BCUT2D eigenvalue weighted by atomic mass is 79.9. The van der Waals surface area contributed by atoms with Gasteiger partial charge in [-0.3, -0.25) is 0 Å². The first kappa shape index (κ1) is 8.37. The smallest absolute Gasteiger partial charge is 0.212 e. The molecule has 0 aromatic carbocycles. The van der Waals surface area contributed by atoms with Crippen LogP contribution in [0.3, 0.4) is 0 Å².